The zero-order valence-corrected chi connectivity index (χ0v) is 37.7. The summed E-state index contributed by atoms with van der Waals surface area (Å²) in [5.74, 6) is -1.55. The fourth-order valence-corrected chi connectivity index (χ4v) is 8.15. The van der Waals surface area contributed by atoms with Crippen molar-refractivity contribution < 1.29 is 32.7 Å². The number of hydrazine groups is 6. The van der Waals surface area contributed by atoms with E-state index in [2.05, 4.69) is 67.4 Å². The number of nitrogens with one attached hydrogen (secondary N) is 8. The SMILES string of the molecule is O=C(O)C(F)(F)F.[CH2]NNNCN1CNNNCNC2=NC(N)=C(C1=O)N(N1CCC(c3nc(NCCCCCC)nc(C4CCN(N5C(C(N)=O)=C(N)N=C(N)C5Cl)CC4)n3)CC1)C2Cl. The smallest absolute Gasteiger partial charge is 0.475 e. The molecule has 7 rings (SSSR count). The minimum atomic E-state index is -5.08. The van der Waals surface area contributed by atoms with E-state index in [1.807, 2.05) is 10.0 Å². The molecule has 1 aromatic rings. The van der Waals surface area contributed by atoms with Crippen molar-refractivity contribution in [2.45, 2.75) is 87.3 Å². The molecule has 66 heavy (non-hydrogen) atoms. The zero-order valence-electron chi connectivity index (χ0n) is 36.2. The molecule has 26 nitrogen and oxygen atoms in total. The van der Waals surface area contributed by atoms with Crippen molar-refractivity contribution in [3.05, 3.63) is 41.7 Å². The molecule has 0 spiro atoms. The number of primary amides is 1. The van der Waals surface area contributed by atoms with E-state index in [1.54, 1.807) is 10.0 Å². The van der Waals surface area contributed by atoms with Gasteiger partial charge in [-0.25, -0.2) is 51.5 Å². The number of amidine groups is 2. The Balaban J connectivity index is 0.00000108. The number of rotatable bonds is 15. The number of halogens is 5. The first-order chi connectivity index (χ1) is 31.5. The van der Waals surface area contributed by atoms with Crippen LogP contribution >= 0.6 is 23.2 Å². The summed E-state index contributed by atoms with van der Waals surface area (Å²) in [6.07, 6.45) is 1.96. The van der Waals surface area contributed by atoms with E-state index in [9.17, 15) is 22.8 Å². The van der Waals surface area contributed by atoms with Gasteiger partial charge in [0.2, 0.25) is 5.95 Å². The van der Waals surface area contributed by atoms with Crippen LogP contribution in [0.2, 0.25) is 0 Å². The molecule has 6 aliphatic rings. The predicted octanol–water partition coefficient (Wildman–Crippen LogP) is -1.76. The topological polar surface area (TPSA) is 351 Å². The van der Waals surface area contributed by atoms with E-state index in [0.29, 0.717) is 75.3 Å². The van der Waals surface area contributed by atoms with Crippen LogP contribution in [0.5, 0.6) is 0 Å². The number of unbranched alkanes of at least 4 members (excludes halogenated alkanes) is 3. The summed E-state index contributed by atoms with van der Waals surface area (Å²) in [7, 11) is 3.52. The molecule has 0 aromatic carbocycles. The Kier molecular flexibility index (Phi) is 18.9. The third-order valence-corrected chi connectivity index (χ3v) is 11.6. The van der Waals surface area contributed by atoms with Crippen LogP contribution in [0.3, 0.4) is 0 Å². The summed E-state index contributed by atoms with van der Waals surface area (Å²) >= 11 is 13.7. The maximum absolute atomic E-state index is 14.2. The molecule has 0 aliphatic carbocycles. The van der Waals surface area contributed by atoms with Crippen LogP contribution in [0.4, 0.5) is 19.1 Å². The van der Waals surface area contributed by atoms with Gasteiger partial charge >= 0.3 is 12.1 Å². The molecule has 2 amide bonds. The lowest BCUT2D eigenvalue weighted by Crippen LogP contribution is -2.62. The third kappa shape index (κ3) is 13.3. The van der Waals surface area contributed by atoms with Crippen molar-refractivity contribution in [1.29, 1.82) is 0 Å². The highest BCUT2D eigenvalue weighted by Gasteiger charge is 2.42. The number of hydrogen-bond donors (Lipinski definition) is 13. The Hall–Kier alpha value is -5.11. The van der Waals surface area contributed by atoms with Crippen molar-refractivity contribution in [2.75, 3.05) is 58.0 Å². The van der Waals surface area contributed by atoms with Crippen LogP contribution in [0.25, 0.3) is 0 Å². The molecule has 31 heteroatoms. The highest BCUT2D eigenvalue weighted by molar-refractivity contribution is 6.32. The Morgan fingerprint density at radius 3 is 2.06 bits per heavy atom. The fourth-order valence-electron chi connectivity index (χ4n) is 7.53. The molecular formula is C35H58Cl2F3N22O4. The van der Waals surface area contributed by atoms with E-state index in [1.165, 1.54) is 4.90 Å². The number of alkyl halides is 5. The lowest BCUT2D eigenvalue weighted by atomic mass is 9.94. The van der Waals surface area contributed by atoms with Crippen molar-refractivity contribution >= 4 is 58.6 Å². The Morgan fingerprint density at radius 1 is 0.894 bits per heavy atom. The molecule has 3 saturated heterocycles. The summed E-state index contributed by atoms with van der Waals surface area (Å²) in [4.78, 5) is 60.5. The summed E-state index contributed by atoms with van der Waals surface area (Å²) in [6.45, 7) is 5.42. The van der Waals surface area contributed by atoms with E-state index in [0.717, 1.165) is 32.2 Å². The second-order valence-electron chi connectivity index (χ2n) is 15.3. The molecular weight excluding hydrogens is 920 g/mol. The van der Waals surface area contributed by atoms with E-state index in [-0.39, 0.29) is 60.7 Å². The number of nitrogens with zero attached hydrogens (tertiary/aromatic N) is 10. The molecule has 367 valence electrons. The van der Waals surface area contributed by atoms with Gasteiger partial charge in [-0.3, -0.25) is 19.6 Å². The van der Waals surface area contributed by atoms with Gasteiger partial charge in [0.1, 0.15) is 23.3 Å². The first-order valence-corrected chi connectivity index (χ1v) is 22.0. The van der Waals surface area contributed by atoms with Crippen LogP contribution in [0.1, 0.15) is 81.8 Å². The van der Waals surface area contributed by atoms with Crippen LogP contribution in [0.15, 0.2) is 33.0 Å². The fraction of sp³-hybridized carbons (Fsp3) is 0.629. The monoisotopic (exact) mass is 977 g/mol. The summed E-state index contributed by atoms with van der Waals surface area (Å²) in [6, 6.07) is 0. The number of carboxylic acids is 1. The molecule has 7 heterocycles. The predicted molar refractivity (Wildman–Crippen MR) is 236 cm³/mol. The van der Waals surface area contributed by atoms with Gasteiger partial charge in [0.15, 0.2) is 34.0 Å². The number of aliphatic carboxylic acids is 1. The average molecular weight is 979 g/mol. The number of aromatic nitrogens is 3. The number of aliphatic imine (C=N–C) groups is 2. The highest BCUT2D eigenvalue weighted by Crippen LogP contribution is 2.35. The average Bonchev–Trinajstić information content (AvgIpc) is 3.28. The van der Waals surface area contributed by atoms with Gasteiger partial charge in [0.05, 0.1) is 20.0 Å². The lowest BCUT2D eigenvalue weighted by Gasteiger charge is -2.46. The largest absolute Gasteiger partial charge is 0.490 e. The minimum Gasteiger partial charge on any atom is -0.475 e. The van der Waals surface area contributed by atoms with Gasteiger partial charge in [0.25, 0.3) is 11.8 Å². The maximum Gasteiger partial charge on any atom is 0.490 e. The van der Waals surface area contributed by atoms with Crippen molar-refractivity contribution in [3.63, 3.8) is 0 Å². The number of amides is 2. The summed E-state index contributed by atoms with van der Waals surface area (Å²) in [5, 5.41) is 21.0. The van der Waals surface area contributed by atoms with Crippen LogP contribution < -0.4 is 66.3 Å². The van der Waals surface area contributed by atoms with Crippen molar-refractivity contribution in [1.82, 2.24) is 78.0 Å². The van der Waals surface area contributed by atoms with Gasteiger partial charge in [-0.1, -0.05) is 49.4 Å². The van der Waals surface area contributed by atoms with E-state index in [4.69, 9.17) is 71.0 Å². The second kappa shape index (κ2) is 24.1. The number of carbonyl (C=O) groups excluding carboxylic acids is 2. The first kappa shape index (κ1) is 51.9. The second-order valence-corrected chi connectivity index (χ2v) is 16.1. The number of carbonyl (C=O) groups is 3. The van der Waals surface area contributed by atoms with Crippen LogP contribution in [-0.4, -0.2) is 144 Å². The molecule has 0 saturated carbocycles. The van der Waals surface area contributed by atoms with E-state index < -0.39 is 35.0 Å². The Labute approximate surface area is 388 Å². The minimum absolute atomic E-state index is 0.00283. The Bertz CT molecular complexity index is 1980. The molecule has 17 N–H and O–H groups in total. The van der Waals surface area contributed by atoms with Crippen molar-refractivity contribution in [3.8, 4) is 0 Å². The molecule has 6 aliphatic heterocycles. The molecule has 1 radical (unpaired) electrons. The van der Waals surface area contributed by atoms with Crippen molar-refractivity contribution in [2.24, 2.45) is 32.9 Å². The third-order valence-electron chi connectivity index (χ3n) is 10.8. The molecule has 3 fully saturated rings. The number of hydrogen-bond acceptors (Lipinski definition) is 23. The summed E-state index contributed by atoms with van der Waals surface area (Å²) in [5.41, 5.74) is 39.6. The normalized spacial score (nSPS) is 22.2. The number of fused-ring (bicyclic) bond motifs is 9. The van der Waals surface area contributed by atoms with Crippen LogP contribution in [0, 0.1) is 7.05 Å². The number of nitrogens with two attached hydrogens (primary N) is 4. The molecule has 1 aromatic heterocycles. The zero-order chi connectivity index (χ0) is 48.1. The highest BCUT2D eigenvalue weighted by atomic mass is 35.5. The molecule has 2 unspecified atom stereocenters. The van der Waals surface area contributed by atoms with E-state index >= 15 is 0 Å². The quantitative estimate of drug-likeness (QED) is 0.0401. The standard InChI is InChI=1S/C33H57Cl2N22O2.C2HF3O2/c1-3-4-5-6-11-41-33-49-29(19-7-12-54(13-8-19)56-21(28(39)58)25(36)46-27(38)23(56)34)48-30(50-33)20-9-14-55(15-10-20)57-22-26(37)47-31(24(57)35)42-16-43-52-45-18-53(32(22)59)17-44-51-40-2;3-2(4,5)1(6)7/h19-20,23-24,40,43-45,51-52H,2-18,36-37H2,1H3,(H2,38,46)(H2,39,58)(H,42,47)(H,41,48,49,50);(H,6,7). The van der Waals surface area contributed by atoms with Gasteiger partial charge < -0.3 is 43.6 Å². The summed E-state index contributed by atoms with van der Waals surface area (Å²) < 4.78 is 31.7. The van der Waals surface area contributed by atoms with Gasteiger partial charge in [-0.15, -0.1) is 0 Å². The number of piperidine rings is 2. The molecule has 2 bridgehead atoms. The number of carboxylic acid groups (broad SMARTS) is 1. The molecule has 2 atom stereocenters. The Morgan fingerprint density at radius 2 is 1.50 bits per heavy atom. The number of anilines is 1. The first-order valence-electron chi connectivity index (χ1n) is 21.1. The van der Waals surface area contributed by atoms with Gasteiger partial charge in [0, 0.05) is 51.6 Å². The van der Waals surface area contributed by atoms with Gasteiger partial charge in [-0.2, -0.15) is 34.2 Å². The van der Waals surface area contributed by atoms with Gasteiger partial charge in [-0.05, 0) is 32.1 Å². The van der Waals surface area contributed by atoms with Crippen LogP contribution in [-0.2, 0) is 14.4 Å². The maximum atomic E-state index is 14.2. The lowest BCUT2D eigenvalue weighted by molar-refractivity contribution is -0.192.